The van der Waals surface area contributed by atoms with Gasteiger partial charge >= 0.3 is 8.80 Å². The van der Waals surface area contributed by atoms with Crippen molar-refractivity contribution in [2.75, 3.05) is 19.6 Å². The standard InChI is InChI=1S/C23H42N2O3Si/c1-8-25(19-23-13-10-9-11-14-23)17-16-24-15-12-18-29(26-20(2)3,27-21(4)5)28-22(6)7/h8-11,13-14,20-22,24H,1,12,15-19H2,2-7H3. The molecule has 0 aromatic heterocycles. The fourth-order valence-corrected chi connectivity index (χ4v) is 6.45. The zero-order valence-corrected chi connectivity index (χ0v) is 20.3. The third-order valence-electron chi connectivity index (χ3n) is 4.14. The first kappa shape index (κ1) is 25.9. The molecule has 0 spiro atoms. The van der Waals surface area contributed by atoms with Gasteiger partial charge in [0.1, 0.15) is 0 Å². The van der Waals surface area contributed by atoms with E-state index in [0.29, 0.717) is 0 Å². The Labute approximate surface area is 179 Å². The van der Waals surface area contributed by atoms with Crippen molar-refractivity contribution < 1.29 is 13.3 Å². The molecule has 1 aromatic rings. The van der Waals surface area contributed by atoms with Crippen molar-refractivity contribution in [2.45, 2.75) is 78.9 Å². The van der Waals surface area contributed by atoms with Crippen molar-refractivity contribution in [1.82, 2.24) is 10.2 Å². The molecule has 166 valence electrons. The molecule has 0 bridgehead atoms. The summed E-state index contributed by atoms with van der Waals surface area (Å²) in [6.07, 6.45) is 3.14. The van der Waals surface area contributed by atoms with E-state index in [1.165, 1.54) is 5.56 Å². The van der Waals surface area contributed by atoms with Gasteiger partial charge < -0.3 is 23.5 Å². The molecule has 0 aliphatic carbocycles. The lowest BCUT2D eigenvalue weighted by molar-refractivity contribution is 0.00291. The van der Waals surface area contributed by atoms with Gasteiger partial charge in [0.25, 0.3) is 0 Å². The minimum Gasteiger partial charge on any atom is -0.372 e. The number of rotatable bonds is 16. The van der Waals surface area contributed by atoms with Gasteiger partial charge in [0.2, 0.25) is 0 Å². The van der Waals surface area contributed by atoms with E-state index >= 15 is 0 Å². The van der Waals surface area contributed by atoms with Crippen molar-refractivity contribution in [3.63, 3.8) is 0 Å². The molecule has 1 aromatic carbocycles. The lowest BCUT2D eigenvalue weighted by atomic mass is 10.2. The van der Waals surface area contributed by atoms with Gasteiger partial charge in [-0.15, -0.1) is 0 Å². The summed E-state index contributed by atoms with van der Waals surface area (Å²) in [4.78, 5) is 2.23. The highest BCUT2D eigenvalue weighted by Crippen LogP contribution is 2.23. The third-order valence-corrected chi connectivity index (χ3v) is 7.60. The first-order valence-electron chi connectivity index (χ1n) is 10.9. The molecule has 0 amide bonds. The van der Waals surface area contributed by atoms with Gasteiger partial charge in [-0.25, -0.2) is 0 Å². The fourth-order valence-electron chi connectivity index (χ4n) is 3.17. The van der Waals surface area contributed by atoms with Crippen molar-refractivity contribution >= 4 is 8.80 Å². The molecule has 0 saturated carbocycles. The van der Waals surface area contributed by atoms with Gasteiger partial charge in [0, 0.05) is 44.0 Å². The molecule has 5 nitrogen and oxygen atoms in total. The first-order valence-corrected chi connectivity index (χ1v) is 12.8. The molecule has 6 heteroatoms. The molecule has 0 atom stereocenters. The molecular formula is C23H42N2O3Si. The summed E-state index contributed by atoms with van der Waals surface area (Å²) in [5, 5.41) is 3.53. The molecular weight excluding hydrogens is 380 g/mol. The first-order chi connectivity index (χ1) is 13.8. The summed E-state index contributed by atoms with van der Waals surface area (Å²) in [6, 6.07) is 11.3. The Morgan fingerprint density at radius 2 is 1.48 bits per heavy atom. The Hall–Kier alpha value is -1.18. The molecule has 0 fully saturated rings. The quantitative estimate of drug-likeness (QED) is 0.305. The maximum atomic E-state index is 6.23. The maximum Gasteiger partial charge on any atom is 0.501 e. The predicted molar refractivity (Wildman–Crippen MR) is 124 cm³/mol. The lowest BCUT2D eigenvalue weighted by Crippen LogP contribution is -2.51. The highest BCUT2D eigenvalue weighted by atomic mass is 28.4. The van der Waals surface area contributed by atoms with E-state index in [4.69, 9.17) is 13.3 Å². The van der Waals surface area contributed by atoms with Crippen LogP contribution < -0.4 is 5.32 Å². The van der Waals surface area contributed by atoms with E-state index in [1.54, 1.807) is 0 Å². The van der Waals surface area contributed by atoms with Crippen LogP contribution in [0.15, 0.2) is 43.1 Å². The van der Waals surface area contributed by atoms with Crippen LogP contribution in [0.2, 0.25) is 6.04 Å². The largest absolute Gasteiger partial charge is 0.501 e. The number of hydrogen-bond donors (Lipinski definition) is 1. The van der Waals surface area contributed by atoms with Crippen LogP contribution in [-0.4, -0.2) is 51.7 Å². The summed E-state index contributed by atoms with van der Waals surface area (Å²) in [5.74, 6) is 0. The van der Waals surface area contributed by atoms with E-state index < -0.39 is 8.80 Å². The summed E-state index contributed by atoms with van der Waals surface area (Å²) in [7, 11) is -2.69. The second-order valence-corrected chi connectivity index (χ2v) is 10.7. The molecule has 0 radical (unpaired) electrons. The fraction of sp³-hybridized carbons (Fsp3) is 0.652. The van der Waals surface area contributed by atoms with Crippen molar-refractivity contribution in [1.29, 1.82) is 0 Å². The SMILES string of the molecule is C=CN(CCNCCC[Si](OC(C)C)(OC(C)C)OC(C)C)Cc1ccccc1. The van der Waals surface area contributed by atoms with Gasteiger partial charge in [-0.05, 0) is 66.3 Å². The zero-order valence-electron chi connectivity index (χ0n) is 19.3. The van der Waals surface area contributed by atoms with Crippen LogP contribution in [0.4, 0.5) is 0 Å². The minimum absolute atomic E-state index is 0.0891. The Morgan fingerprint density at radius 1 is 0.931 bits per heavy atom. The third kappa shape index (κ3) is 11.5. The Morgan fingerprint density at radius 3 is 1.97 bits per heavy atom. The second kappa shape index (κ2) is 13.9. The molecule has 0 unspecified atom stereocenters. The summed E-state index contributed by atoms with van der Waals surface area (Å²) in [5.41, 5.74) is 1.30. The van der Waals surface area contributed by atoms with Crippen LogP contribution >= 0.6 is 0 Å². The monoisotopic (exact) mass is 422 g/mol. The average molecular weight is 423 g/mol. The molecule has 29 heavy (non-hydrogen) atoms. The Balaban J connectivity index is 2.43. The Kier molecular flexibility index (Phi) is 12.4. The molecule has 0 aliphatic heterocycles. The number of benzene rings is 1. The average Bonchev–Trinajstić information content (AvgIpc) is 2.62. The molecule has 0 saturated heterocycles. The highest BCUT2D eigenvalue weighted by Gasteiger charge is 2.43. The lowest BCUT2D eigenvalue weighted by Gasteiger charge is -2.34. The van der Waals surface area contributed by atoms with Gasteiger partial charge in [0.15, 0.2) is 0 Å². The van der Waals surface area contributed by atoms with Crippen LogP contribution in [0.5, 0.6) is 0 Å². The van der Waals surface area contributed by atoms with E-state index in [9.17, 15) is 0 Å². The summed E-state index contributed by atoms with van der Waals surface area (Å²) < 4.78 is 18.7. The van der Waals surface area contributed by atoms with Gasteiger partial charge in [0.05, 0.1) is 0 Å². The smallest absolute Gasteiger partial charge is 0.372 e. The second-order valence-electron chi connectivity index (χ2n) is 8.18. The number of nitrogens with one attached hydrogen (secondary N) is 1. The minimum atomic E-state index is -2.69. The van der Waals surface area contributed by atoms with Gasteiger partial charge in [-0.2, -0.15) is 0 Å². The Bertz CT molecular complexity index is 526. The van der Waals surface area contributed by atoms with E-state index in [0.717, 1.165) is 38.6 Å². The molecule has 1 rings (SSSR count). The predicted octanol–water partition coefficient (Wildman–Crippen LogP) is 4.83. The zero-order chi connectivity index (χ0) is 21.7. The number of nitrogens with zero attached hydrogens (tertiary/aromatic N) is 1. The normalized spacial score (nSPS) is 12.2. The van der Waals surface area contributed by atoms with Crippen molar-refractivity contribution in [3.05, 3.63) is 48.7 Å². The molecule has 0 aliphatic rings. The van der Waals surface area contributed by atoms with Crippen LogP contribution in [0.25, 0.3) is 0 Å². The van der Waals surface area contributed by atoms with Crippen molar-refractivity contribution in [2.24, 2.45) is 0 Å². The van der Waals surface area contributed by atoms with E-state index in [1.807, 2.05) is 53.8 Å². The molecule has 1 N–H and O–H groups in total. The van der Waals surface area contributed by atoms with Crippen LogP contribution in [-0.2, 0) is 19.8 Å². The maximum absolute atomic E-state index is 6.23. The number of hydrogen-bond acceptors (Lipinski definition) is 5. The van der Waals surface area contributed by atoms with E-state index in [-0.39, 0.29) is 18.3 Å². The van der Waals surface area contributed by atoms with Gasteiger partial charge in [-0.3, -0.25) is 0 Å². The van der Waals surface area contributed by atoms with Crippen LogP contribution in [0.1, 0.15) is 53.5 Å². The van der Waals surface area contributed by atoms with Crippen LogP contribution in [0.3, 0.4) is 0 Å². The van der Waals surface area contributed by atoms with E-state index in [2.05, 4.69) is 41.1 Å². The summed E-state index contributed by atoms with van der Waals surface area (Å²) in [6.45, 7) is 19.8. The topological polar surface area (TPSA) is 43.0 Å². The van der Waals surface area contributed by atoms with Gasteiger partial charge in [-0.1, -0.05) is 36.9 Å². The van der Waals surface area contributed by atoms with Crippen LogP contribution in [0, 0.1) is 0 Å². The highest BCUT2D eigenvalue weighted by molar-refractivity contribution is 6.60. The molecule has 0 heterocycles. The summed E-state index contributed by atoms with van der Waals surface area (Å²) >= 11 is 0. The van der Waals surface area contributed by atoms with Crippen molar-refractivity contribution in [3.8, 4) is 0 Å².